The molecule has 2 aromatic carbocycles. The Morgan fingerprint density at radius 2 is 1.89 bits per heavy atom. The van der Waals surface area contributed by atoms with Crippen molar-refractivity contribution in [3.8, 4) is 5.75 Å². The Labute approximate surface area is 116 Å². The zero-order chi connectivity index (χ0) is 13.8. The van der Waals surface area contributed by atoms with Crippen molar-refractivity contribution in [2.45, 2.75) is 13.5 Å². The summed E-state index contributed by atoms with van der Waals surface area (Å²) >= 11 is 5.80. The Morgan fingerprint density at radius 1 is 1.21 bits per heavy atom. The van der Waals surface area contributed by atoms with Crippen LogP contribution in [0.2, 0.25) is 5.02 Å². The third kappa shape index (κ3) is 3.48. The molecule has 3 nitrogen and oxygen atoms in total. The zero-order valence-corrected chi connectivity index (χ0v) is 11.1. The molecule has 0 atom stereocenters. The normalized spacial score (nSPS) is 10.2. The second-order valence-corrected chi connectivity index (χ2v) is 4.63. The van der Waals surface area contributed by atoms with E-state index in [-0.39, 0.29) is 10.6 Å². The van der Waals surface area contributed by atoms with E-state index in [1.54, 1.807) is 12.1 Å². The minimum atomic E-state index is -1.04. The summed E-state index contributed by atoms with van der Waals surface area (Å²) in [6.07, 6.45) is 0. The number of aryl methyl sites for hydroxylation is 1. The van der Waals surface area contributed by atoms with Crippen LogP contribution in [0.15, 0.2) is 42.5 Å². The van der Waals surface area contributed by atoms with Gasteiger partial charge in [0.25, 0.3) is 0 Å². The van der Waals surface area contributed by atoms with Crippen molar-refractivity contribution < 1.29 is 14.6 Å². The molecule has 0 bridgehead atoms. The molecule has 0 aliphatic heterocycles. The van der Waals surface area contributed by atoms with Crippen LogP contribution in [0.3, 0.4) is 0 Å². The minimum Gasteiger partial charge on any atom is -0.489 e. The van der Waals surface area contributed by atoms with Gasteiger partial charge in [0, 0.05) is 0 Å². The molecule has 0 aliphatic carbocycles. The van der Waals surface area contributed by atoms with Crippen LogP contribution in [-0.4, -0.2) is 11.1 Å². The molecule has 0 aromatic heterocycles. The Kier molecular flexibility index (Phi) is 4.07. The molecule has 0 saturated heterocycles. The molecule has 0 amide bonds. The van der Waals surface area contributed by atoms with Gasteiger partial charge >= 0.3 is 5.97 Å². The molecule has 0 radical (unpaired) electrons. The van der Waals surface area contributed by atoms with Crippen molar-refractivity contribution in [2.75, 3.05) is 0 Å². The first-order valence-electron chi connectivity index (χ1n) is 5.77. The van der Waals surface area contributed by atoms with Gasteiger partial charge in [-0.2, -0.15) is 0 Å². The number of carboxylic acid groups (broad SMARTS) is 1. The van der Waals surface area contributed by atoms with Gasteiger partial charge in [0.1, 0.15) is 12.4 Å². The Balaban J connectivity index is 2.09. The van der Waals surface area contributed by atoms with Crippen LogP contribution in [0.1, 0.15) is 21.5 Å². The number of carboxylic acids is 1. The van der Waals surface area contributed by atoms with Gasteiger partial charge in [-0.25, -0.2) is 4.79 Å². The van der Waals surface area contributed by atoms with E-state index in [9.17, 15) is 4.79 Å². The minimum absolute atomic E-state index is 0.0895. The maximum Gasteiger partial charge on any atom is 0.337 e. The van der Waals surface area contributed by atoms with Gasteiger partial charge in [-0.05, 0) is 36.8 Å². The van der Waals surface area contributed by atoms with Crippen LogP contribution in [0, 0.1) is 6.92 Å². The standard InChI is InChI=1S/C15H13ClO3/c1-10-2-5-12(6-3-10)19-9-11-4-7-14(16)13(8-11)15(17)18/h2-8H,9H2,1H3,(H,17,18). The Morgan fingerprint density at radius 3 is 2.53 bits per heavy atom. The van der Waals surface area contributed by atoms with Gasteiger partial charge in [-0.3, -0.25) is 0 Å². The highest BCUT2D eigenvalue weighted by Gasteiger charge is 2.09. The first kappa shape index (κ1) is 13.4. The molecule has 2 aromatic rings. The molecule has 0 aliphatic rings. The summed E-state index contributed by atoms with van der Waals surface area (Å²) in [5, 5.41) is 9.21. The van der Waals surface area contributed by atoms with Gasteiger partial charge in [0.2, 0.25) is 0 Å². The predicted molar refractivity (Wildman–Crippen MR) is 73.9 cm³/mol. The lowest BCUT2D eigenvalue weighted by atomic mass is 10.1. The fourth-order valence-electron chi connectivity index (χ4n) is 1.63. The van der Waals surface area contributed by atoms with Crippen molar-refractivity contribution in [1.82, 2.24) is 0 Å². The second-order valence-electron chi connectivity index (χ2n) is 4.22. The molecule has 98 valence electrons. The Hall–Kier alpha value is -2.00. The molecule has 4 heteroatoms. The highest BCUT2D eigenvalue weighted by Crippen LogP contribution is 2.19. The third-order valence-electron chi connectivity index (χ3n) is 2.69. The number of hydrogen-bond acceptors (Lipinski definition) is 2. The van der Waals surface area contributed by atoms with E-state index in [4.69, 9.17) is 21.4 Å². The molecule has 19 heavy (non-hydrogen) atoms. The van der Waals surface area contributed by atoms with Crippen molar-refractivity contribution in [3.05, 3.63) is 64.2 Å². The fraction of sp³-hybridized carbons (Fsp3) is 0.133. The molecule has 0 unspecified atom stereocenters. The van der Waals surface area contributed by atoms with Gasteiger partial charge < -0.3 is 9.84 Å². The monoisotopic (exact) mass is 276 g/mol. The summed E-state index contributed by atoms with van der Waals surface area (Å²) in [5.41, 5.74) is 2.01. The van der Waals surface area contributed by atoms with Crippen LogP contribution in [0.25, 0.3) is 0 Å². The molecule has 0 spiro atoms. The lowest BCUT2D eigenvalue weighted by molar-refractivity contribution is 0.0697. The number of carbonyl (C=O) groups is 1. The highest BCUT2D eigenvalue weighted by atomic mass is 35.5. The number of benzene rings is 2. The van der Waals surface area contributed by atoms with Gasteiger partial charge in [-0.1, -0.05) is 35.4 Å². The third-order valence-corrected chi connectivity index (χ3v) is 3.02. The molecular formula is C15H13ClO3. The number of halogens is 1. The van der Waals surface area contributed by atoms with Crippen LogP contribution in [0.4, 0.5) is 0 Å². The van der Waals surface area contributed by atoms with Crippen molar-refractivity contribution >= 4 is 17.6 Å². The van der Waals surface area contributed by atoms with Crippen molar-refractivity contribution in [1.29, 1.82) is 0 Å². The molecular weight excluding hydrogens is 264 g/mol. The average molecular weight is 277 g/mol. The van der Waals surface area contributed by atoms with E-state index in [1.165, 1.54) is 6.07 Å². The van der Waals surface area contributed by atoms with Gasteiger partial charge in [-0.15, -0.1) is 0 Å². The van der Waals surface area contributed by atoms with E-state index >= 15 is 0 Å². The average Bonchev–Trinajstić information content (AvgIpc) is 2.39. The fourth-order valence-corrected chi connectivity index (χ4v) is 1.83. The second kappa shape index (κ2) is 5.76. The number of rotatable bonds is 4. The van der Waals surface area contributed by atoms with E-state index < -0.39 is 5.97 Å². The van der Waals surface area contributed by atoms with Crippen molar-refractivity contribution in [3.63, 3.8) is 0 Å². The lowest BCUT2D eigenvalue weighted by Gasteiger charge is -2.08. The van der Waals surface area contributed by atoms with Crippen LogP contribution >= 0.6 is 11.6 Å². The largest absolute Gasteiger partial charge is 0.489 e. The molecule has 0 fully saturated rings. The van der Waals surface area contributed by atoms with Gasteiger partial charge in [0.05, 0.1) is 10.6 Å². The summed E-state index contributed by atoms with van der Waals surface area (Å²) in [7, 11) is 0. The topological polar surface area (TPSA) is 46.5 Å². The summed E-state index contributed by atoms with van der Waals surface area (Å²) < 4.78 is 5.59. The quantitative estimate of drug-likeness (QED) is 0.920. The van der Waals surface area contributed by atoms with Crippen LogP contribution in [0.5, 0.6) is 5.75 Å². The van der Waals surface area contributed by atoms with Crippen molar-refractivity contribution in [2.24, 2.45) is 0 Å². The molecule has 0 heterocycles. The SMILES string of the molecule is Cc1ccc(OCc2ccc(Cl)c(C(=O)O)c2)cc1. The smallest absolute Gasteiger partial charge is 0.337 e. The number of aromatic carboxylic acids is 1. The summed E-state index contributed by atoms with van der Waals surface area (Å²) in [5.74, 6) is -0.292. The summed E-state index contributed by atoms with van der Waals surface area (Å²) in [4.78, 5) is 11.0. The first-order chi connectivity index (χ1) is 9.06. The predicted octanol–water partition coefficient (Wildman–Crippen LogP) is 3.93. The maximum absolute atomic E-state index is 11.0. The maximum atomic E-state index is 11.0. The molecule has 0 saturated carbocycles. The summed E-state index contributed by atoms with van der Waals surface area (Å²) in [6.45, 7) is 2.31. The summed E-state index contributed by atoms with van der Waals surface area (Å²) in [6, 6.07) is 12.5. The number of ether oxygens (including phenoxy) is 1. The molecule has 2 rings (SSSR count). The Bertz CT molecular complexity index is 591. The zero-order valence-electron chi connectivity index (χ0n) is 10.4. The number of hydrogen-bond donors (Lipinski definition) is 1. The van der Waals surface area contributed by atoms with Gasteiger partial charge in [0.15, 0.2) is 0 Å². The van der Waals surface area contributed by atoms with Crippen LogP contribution in [-0.2, 0) is 6.61 Å². The van der Waals surface area contributed by atoms with Crippen LogP contribution < -0.4 is 4.74 Å². The first-order valence-corrected chi connectivity index (χ1v) is 6.15. The van der Waals surface area contributed by atoms with E-state index in [1.807, 2.05) is 31.2 Å². The van der Waals surface area contributed by atoms with E-state index in [2.05, 4.69) is 0 Å². The van der Waals surface area contributed by atoms with E-state index in [0.717, 1.165) is 16.9 Å². The molecule has 1 N–H and O–H groups in total. The lowest BCUT2D eigenvalue weighted by Crippen LogP contribution is -2.01. The highest BCUT2D eigenvalue weighted by molar-refractivity contribution is 6.33. The van der Waals surface area contributed by atoms with E-state index in [0.29, 0.717) is 6.61 Å².